The number of fused-ring (bicyclic) bond motifs is 1. The molecular formula is C30H39N3O3S. The highest BCUT2D eigenvalue weighted by atomic mass is 32.2. The molecule has 1 aliphatic rings. The van der Waals surface area contributed by atoms with Crippen LogP contribution in [0.1, 0.15) is 70.3 Å². The molecule has 1 fully saturated rings. The van der Waals surface area contributed by atoms with Crippen LogP contribution in [0.3, 0.4) is 0 Å². The van der Waals surface area contributed by atoms with Crippen molar-refractivity contribution in [1.82, 2.24) is 14.9 Å². The normalized spacial score (nSPS) is 15.8. The number of hydrogen-bond acceptors (Lipinski definition) is 5. The highest BCUT2D eigenvalue weighted by Gasteiger charge is 2.30. The van der Waals surface area contributed by atoms with Crippen LogP contribution in [0, 0.1) is 5.92 Å². The van der Waals surface area contributed by atoms with E-state index >= 15 is 0 Å². The fourth-order valence-corrected chi connectivity index (χ4v) is 6.07. The molecule has 6 nitrogen and oxygen atoms in total. The van der Waals surface area contributed by atoms with Crippen molar-refractivity contribution in [2.45, 2.75) is 82.5 Å². The molecule has 0 spiro atoms. The van der Waals surface area contributed by atoms with Gasteiger partial charge in [-0.15, -0.1) is 0 Å². The maximum absolute atomic E-state index is 13.3. The summed E-state index contributed by atoms with van der Waals surface area (Å²) in [7, 11) is 0. The standard InChI is InChI=1S/C30H39N3O3S/c1-3-22(2)36-27(34)21-33-26-18-11-10-17-25(26)32-30(33)37-20-12-19-31-29(35)28(23-13-6-4-7-14-23)24-15-8-5-9-16-24/h4,6-7,10-11,13-14,17-18,22,24,28H,3,5,8-9,12,15-16,19-21H2,1-2H3,(H,31,35). The van der Waals surface area contributed by atoms with Crippen LogP contribution >= 0.6 is 11.8 Å². The van der Waals surface area contributed by atoms with Crippen LogP contribution in [0.2, 0.25) is 0 Å². The fraction of sp³-hybridized carbons (Fsp3) is 0.500. The van der Waals surface area contributed by atoms with Gasteiger partial charge in [0.25, 0.3) is 0 Å². The Balaban J connectivity index is 1.34. The zero-order valence-corrected chi connectivity index (χ0v) is 22.8. The molecule has 0 radical (unpaired) electrons. The molecule has 1 aliphatic carbocycles. The van der Waals surface area contributed by atoms with Gasteiger partial charge in [-0.05, 0) is 56.2 Å². The lowest BCUT2D eigenvalue weighted by Gasteiger charge is -2.29. The summed E-state index contributed by atoms with van der Waals surface area (Å²) in [6, 6.07) is 18.1. The zero-order valence-electron chi connectivity index (χ0n) is 22.0. The van der Waals surface area contributed by atoms with Gasteiger partial charge in [0.15, 0.2) is 5.16 Å². The molecule has 2 atom stereocenters. The Morgan fingerprint density at radius 2 is 1.81 bits per heavy atom. The molecule has 1 N–H and O–H groups in total. The van der Waals surface area contributed by atoms with Gasteiger partial charge in [0.05, 0.1) is 23.1 Å². The van der Waals surface area contributed by atoms with E-state index < -0.39 is 0 Å². The average molecular weight is 522 g/mol. The van der Waals surface area contributed by atoms with Gasteiger partial charge in [0.2, 0.25) is 5.91 Å². The molecule has 0 bridgehead atoms. The predicted octanol–water partition coefficient (Wildman–Crippen LogP) is 6.34. The third-order valence-corrected chi connectivity index (χ3v) is 8.29. The molecular weight excluding hydrogens is 482 g/mol. The summed E-state index contributed by atoms with van der Waals surface area (Å²) in [5.74, 6) is 1.03. The summed E-state index contributed by atoms with van der Waals surface area (Å²) in [6.07, 6.45) is 7.45. The van der Waals surface area contributed by atoms with Gasteiger partial charge in [-0.25, -0.2) is 4.98 Å². The predicted molar refractivity (Wildman–Crippen MR) is 150 cm³/mol. The van der Waals surface area contributed by atoms with Crippen LogP contribution in [0.4, 0.5) is 0 Å². The summed E-state index contributed by atoms with van der Waals surface area (Å²) in [5.41, 5.74) is 2.92. The molecule has 37 heavy (non-hydrogen) atoms. The third-order valence-electron chi connectivity index (χ3n) is 7.23. The monoisotopic (exact) mass is 521 g/mol. The lowest BCUT2D eigenvalue weighted by Crippen LogP contribution is -2.35. The van der Waals surface area contributed by atoms with E-state index in [2.05, 4.69) is 17.4 Å². The number of aromatic nitrogens is 2. The molecule has 1 aromatic heterocycles. The number of hydrogen-bond donors (Lipinski definition) is 1. The number of rotatable bonds is 12. The summed E-state index contributed by atoms with van der Waals surface area (Å²) in [5, 5.41) is 4.02. The van der Waals surface area contributed by atoms with E-state index in [1.54, 1.807) is 11.8 Å². The molecule has 0 saturated heterocycles. The molecule has 2 aromatic carbocycles. The van der Waals surface area contributed by atoms with Crippen LogP contribution in [0.5, 0.6) is 0 Å². The Bertz CT molecular complexity index is 1160. The molecule has 7 heteroatoms. The van der Waals surface area contributed by atoms with Crippen LogP contribution in [0.15, 0.2) is 59.8 Å². The number of amides is 1. The van der Waals surface area contributed by atoms with Crippen molar-refractivity contribution in [3.63, 3.8) is 0 Å². The first-order valence-electron chi connectivity index (χ1n) is 13.7. The van der Waals surface area contributed by atoms with E-state index in [1.165, 1.54) is 19.3 Å². The van der Waals surface area contributed by atoms with Crippen molar-refractivity contribution in [2.75, 3.05) is 12.3 Å². The second-order valence-corrected chi connectivity index (χ2v) is 11.0. The number of nitrogens with zero attached hydrogens (tertiary/aromatic N) is 2. The van der Waals surface area contributed by atoms with E-state index in [9.17, 15) is 9.59 Å². The summed E-state index contributed by atoms with van der Waals surface area (Å²) >= 11 is 1.62. The minimum atomic E-state index is -0.249. The van der Waals surface area contributed by atoms with E-state index in [1.807, 2.05) is 60.9 Å². The lowest BCUT2D eigenvalue weighted by atomic mass is 9.76. The summed E-state index contributed by atoms with van der Waals surface area (Å²) in [4.78, 5) is 30.6. The van der Waals surface area contributed by atoms with Gasteiger partial charge in [-0.1, -0.05) is 80.4 Å². The van der Waals surface area contributed by atoms with Gasteiger partial charge >= 0.3 is 5.97 Å². The van der Waals surface area contributed by atoms with Crippen molar-refractivity contribution >= 4 is 34.7 Å². The van der Waals surface area contributed by atoms with E-state index in [-0.39, 0.29) is 30.4 Å². The first-order valence-corrected chi connectivity index (χ1v) is 14.7. The number of carbonyl (C=O) groups is 2. The Labute approximate surface area is 224 Å². The Morgan fingerprint density at radius 3 is 2.57 bits per heavy atom. The van der Waals surface area contributed by atoms with Crippen LogP contribution in [-0.4, -0.2) is 39.8 Å². The number of para-hydroxylation sites is 2. The van der Waals surface area contributed by atoms with Gasteiger partial charge in [-0.3, -0.25) is 9.59 Å². The number of nitrogens with one attached hydrogen (secondary N) is 1. The minimum absolute atomic E-state index is 0.0742. The molecule has 2 unspecified atom stereocenters. The topological polar surface area (TPSA) is 73.2 Å². The van der Waals surface area contributed by atoms with Crippen molar-refractivity contribution in [3.05, 3.63) is 60.2 Å². The summed E-state index contributed by atoms with van der Waals surface area (Å²) < 4.78 is 7.45. The second kappa shape index (κ2) is 13.7. The highest BCUT2D eigenvalue weighted by Crippen LogP contribution is 2.36. The Kier molecular flexibility index (Phi) is 10.1. The van der Waals surface area contributed by atoms with Gasteiger partial charge in [-0.2, -0.15) is 0 Å². The summed E-state index contributed by atoms with van der Waals surface area (Å²) in [6.45, 7) is 4.68. The molecule has 3 aromatic rings. The fourth-order valence-electron chi connectivity index (χ4n) is 5.11. The number of esters is 1. The molecule has 4 rings (SSSR count). The van der Waals surface area contributed by atoms with Crippen molar-refractivity contribution in [2.24, 2.45) is 5.92 Å². The minimum Gasteiger partial charge on any atom is -0.461 e. The highest BCUT2D eigenvalue weighted by molar-refractivity contribution is 7.99. The quantitative estimate of drug-likeness (QED) is 0.171. The number of benzene rings is 2. The molecule has 198 valence electrons. The molecule has 1 heterocycles. The van der Waals surface area contributed by atoms with E-state index in [4.69, 9.17) is 9.72 Å². The van der Waals surface area contributed by atoms with Crippen molar-refractivity contribution < 1.29 is 14.3 Å². The van der Waals surface area contributed by atoms with Crippen molar-refractivity contribution in [1.29, 1.82) is 0 Å². The third kappa shape index (κ3) is 7.37. The second-order valence-electron chi connectivity index (χ2n) is 9.96. The molecule has 1 saturated carbocycles. The smallest absolute Gasteiger partial charge is 0.326 e. The average Bonchev–Trinajstić information content (AvgIpc) is 3.26. The number of imidazole rings is 1. The number of thioether (sulfide) groups is 1. The largest absolute Gasteiger partial charge is 0.461 e. The molecule has 1 amide bonds. The van der Waals surface area contributed by atoms with Gasteiger partial charge in [0.1, 0.15) is 6.54 Å². The van der Waals surface area contributed by atoms with Crippen LogP contribution in [0.25, 0.3) is 11.0 Å². The van der Waals surface area contributed by atoms with Gasteiger partial charge in [0, 0.05) is 12.3 Å². The lowest BCUT2D eigenvalue weighted by molar-refractivity contribution is -0.149. The first kappa shape index (κ1) is 27.2. The maximum Gasteiger partial charge on any atom is 0.326 e. The van der Waals surface area contributed by atoms with E-state index in [0.29, 0.717) is 12.5 Å². The number of ether oxygens (including phenoxy) is 1. The molecule has 0 aliphatic heterocycles. The SMILES string of the molecule is CCC(C)OC(=O)Cn1c(SCCCNC(=O)C(c2ccccc2)C2CCCCC2)nc2ccccc21. The van der Waals surface area contributed by atoms with Crippen LogP contribution in [-0.2, 0) is 20.9 Å². The van der Waals surface area contributed by atoms with Crippen LogP contribution < -0.4 is 5.32 Å². The Hall–Kier alpha value is -2.80. The van der Waals surface area contributed by atoms with E-state index in [0.717, 1.165) is 53.2 Å². The van der Waals surface area contributed by atoms with Crippen molar-refractivity contribution in [3.8, 4) is 0 Å². The number of carbonyl (C=O) groups excluding carboxylic acids is 2. The Morgan fingerprint density at radius 1 is 1.08 bits per heavy atom. The zero-order chi connectivity index (χ0) is 26.0. The maximum atomic E-state index is 13.3. The first-order chi connectivity index (χ1) is 18.1. The van der Waals surface area contributed by atoms with Gasteiger partial charge < -0.3 is 14.6 Å².